The molecule has 2 unspecified atom stereocenters. The Morgan fingerprint density at radius 3 is 1.69 bits per heavy atom. The molecule has 0 aliphatic carbocycles. The third-order valence-corrected chi connectivity index (χ3v) is 6.99. The quantitative estimate of drug-likeness (QED) is 0.0979. The molecule has 5 rings (SSSR count). The van der Waals surface area contributed by atoms with Crippen LogP contribution in [0.5, 0.6) is 51.7 Å². The van der Waals surface area contributed by atoms with E-state index in [-0.39, 0.29) is 0 Å². The van der Waals surface area contributed by atoms with E-state index in [1.165, 1.54) is 0 Å². The predicted octanol–water partition coefficient (Wildman–Crippen LogP) is -0.297. The van der Waals surface area contributed by atoms with Crippen LogP contribution < -0.4 is 0 Å². The van der Waals surface area contributed by atoms with E-state index in [9.17, 15) is 70.6 Å². The topological polar surface area (TPSA) is 311 Å². The molecular weight excluding hydrogens is 612 g/mol. The van der Waals surface area contributed by atoms with Gasteiger partial charge in [0.15, 0.2) is 52.5 Å². The Balaban J connectivity index is 1.61. The van der Waals surface area contributed by atoms with Crippen molar-refractivity contribution >= 4 is 17.9 Å². The fraction of sp³-hybridized carbons (Fsp3) is 0.222. The molecule has 1 fully saturated rings. The standard InChI is InChI=1S/C27H22O18/c28-9-1-6(2-10(29)16(9)32)24(39)45-27-22(38)23-19(35)13(43-27)5-42-25(40)7-3-11(30)17(33)20(36)14(7)15-8(26(41)44-23)4-12(31)18(34)21(15)37/h1-4,13,19,22-23,27-38H,5H2/t13?,19-,22?,23+,27+/m1/s1. The molecule has 2 bridgehead atoms. The molecule has 5 atom stereocenters. The highest BCUT2D eigenvalue weighted by Gasteiger charge is 2.50. The molecule has 18 heteroatoms. The number of phenolic OH excluding ortho intramolecular Hbond substituents is 9. The lowest BCUT2D eigenvalue weighted by Crippen LogP contribution is -2.61. The summed E-state index contributed by atoms with van der Waals surface area (Å²) in [6.07, 6.45) is -10.2. The number of aliphatic hydroxyl groups excluding tert-OH is 2. The maximum atomic E-state index is 13.5. The number of carbonyl (C=O) groups is 3. The van der Waals surface area contributed by atoms with Gasteiger partial charge in [-0.15, -0.1) is 0 Å². The van der Waals surface area contributed by atoms with Crippen LogP contribution in [0.4, 0.5) is 0 Å². The Morgan fingerprint density at radius 1 is 0.667 bits per heavy atom. The number of rotatable bonds is 2. The fourth-order valence-electron chi connectivity index (χ4n) is 4.71. The number of hydrogen-bond donors (Lipinski definition) is 11. The smallest absolute Gasteiger partial charge is 0.340 e. The number of esters is 3. The first-order valence-corrected chi connectivity index (χ1v) is 12.5. The Morgan fingerprint density at radius 2 is 1.16 bits per heavy atom. The number of fused-ring (bicyclic) bond motifs is 5. The predicted molar refractivity (Wildman–Crippen MR) is 139 cm³/mol. The number of hydrogen-bond acceptors (Lipinski definition) is 18. The first-order valence-electron chi connectivity index (χ1n) is 12.5. The summed E-state index contributed by atoms with van der Waals surface area (Å²) in [5.74, 6) is -14.5. The van der Waals surface area contributed by atoms with Crippen LogP contribution in [-0.4, -0.2) is 111 Å². The number of cyclic esters (lactones) is 1. The first-order chi connectivity index (χ1) is 21.1. The van der Waals surface area contributed by atoms with Gasteiger partial charge in [-0.2, -0.15) is 0 Å². The van der Waals surface area contributed by atoms with Crippen LogP contribution in [-0.2, 0) is 18.9 Å². The highest BCUT2D eigenvalue weighted by atomic mass is 16.7. The second-order valence-electron chi connectivity index (χ2n) is 9.79. The summed E-state index contributed by atoms with van der Waals surface area (Å²) in [6, 6.07) is 2.45. The van der Waals surface area contributed by atoms with Crippen LogP contribution in [0, 0.1) is 0 Å². The van der Waals surface area contributed by atoms with Crippen molar-refractivity contribution in [2.45, 2.75) is 30.7 Å². The summed E-state index contributed by atoms with van der Waals surface area (Å²) >= 11 is 0. The average Bonchev–Trinajstić information content (AvgIpc) is 2.99. The van der Waals surface area contributed by atoms with Gasteiger partial charge in [-0.05, 0) is 24.3 Å². The van der Waals surface area contributed by atoms with Crippen LogP contribution in [0.1, 0.15) is 31.1 Å². The molecule has 0 radical (unpaired) electrons. The molecule has 238 valence electrons. The summed E-state index contributed by atoms with van der Waals surface area (Å²) in [5.41, 5.74) is -4.12. The van der Waals surface area contributed by atoms with Crippen molar-refractivity contribution in [3.63, 3.8) is 0 Å². The summed E-state index contributed by atoms with van der Waals surface area (Å²) in [4.78, 5) is 39.4. The number of aromatic hydroxyl groups is 9. The van der Waals surface area contributed by atoms with Gasteiger partial charge in [-0.1, -0.05) is 0 Å². The van der Waals surface area contributed by atoms with Gasteiger partial charge >= 0.3 is 17.9 Å². The molecule has 2 heterocycles. The molecule has 0 aromatic heterocycles. The highest BCUT2D eigenvalue weighted by molar-refractivity contribution is 6.08. The minimum Gasteiger partial charge on any atom is -0.504 e. The monoisotopic (exact) mass is 634 g/mol. The lowest BCUT2D eigenvalue weighted by molar-refractivity contribution is -0.284. The number of aliphatic hydroxyl groups is 2. The maximum absolute atomic E-state index is 13.5. The molecule has 18 nitrogen and oxygen atoms in total. The molecule has 45 heavy (non-hydrogen) atoms. The zero-order chi connectivity index (χ0) is 33.1. The second kappa shape index (κ2) is 11.0. The highest BCUT2D eigenvalue weighted by Crippen LogP contribution is 2.53. The molecule has 2 aliphatic heterocycles. The van der Waals surface area contributed by atoms with E-state index in [0.717, 1.165) is 0 Å². The van der Waals surface area contributed by atoms with Gasteiger partial charge in [0.1, 0.15) is 18.8 Å². The van der Waals surface area contributed by atoms with Gasteiger partial charge in [-0.3, -0.25) is 0 Å². The van der Waals surface area contributed by atoms with Crippen molar-refractivity contribution in [3.05, 3.63) is 41.0 Å². The molecule has 0 spiro atoms. The largest absolute Gasteiger partial charge is 0.504 e. The van der Waals surface area contributed by atoms with E-state index in [0.29, 0.717) is 24.3 Å². The summed E-state index contributed by atoms with van der Waals surface area (Å²) in [5, 5.41) is 113. The van der Waals surface area contributed by atoms with Crippen LogP contribution in [0.3, 0.4) is 0 Å². The minimum atomic E-state index is -2.22. The first kappa shape index (κ1) is 30.6. The molecule has 0 amide bonds. The van der Waals surface area contributed by atoms with Gasteiger partial charge in [0.25, 0.3) is 0 Å². The van der Waals surface area contributed by atoms with E-state index >= 15 is 0 Å². The van der Waals surface area contributed by atoms with Crippen LogP contribution in [0.15, 0.2) is 24.3 Å². The zero-order valence-electron chi connectivity index (χ0n) is 22.2. The normalized spacial score (nSPS) is 22.9. The average molecular weight is 634 g/mol. The number of phenols is 9. The number of benzene rings is 3. The van der Waals surface area contributed by atoms with Gasteiger partial charge < -0.3 is 75.1 Å². The second-order valence-corrected chi connectivity index (χ2v) is 9.79. The molecule has 3 aromatic carbocycles. The molecule has 0 saturated carbocycles. The minimum absolute atomic E-state index is 0.508. The van der Waals surface area contributed by atoms with Crippen molar-refractivity contribution < 1.29 is 89.5 Å². The third-order valence-electron chi connectivity index (χ3n) is 6.99. The molecule has 11 N–H and O–H groups in total. The SMILES string of the molecule is O=C(O[C@@H]1OC2COC(=O)c3cc(O)c(O)c(O)c3-c3c(cc(O)c(O)c3O)C(=O)O[C@H](C1O)[C@@H]2O)c1cc(O)c(O)c(O)c1. The molecule has 3 aromatic rings. The number of carbonyl (C=O) groups excluding carboxylic acids is 3. The van der Waals surface area contributed by atoms with Crippen molar-refractivity contribution in [2.24, 2.45) is 0 Å². The van der Waals surface area contributed by atoms with Crippen molar-refractivity contribution in [1.29, 1.82) is 0 Å². The lowest BCUT2D eigenvalue weighted by atomic mass is 9.91. The van der Waals surface area contributed by atoms with Gasteiger partial charge in [-0.25, -0.2) is 14.4 Å². The van der Waals surface area contributed by atoms with E-state index in [2.05, 4.69) is 0 Å². The lowest BCUT2D eigenvalue weighted by Gasteiger charge is -2.41. The Labute approximate surface area is 248 Å². The van der Waals surface area contributed by atoms with Crippen molar-refractivity contribution in [1.82, 2.24) is 0 Å². The Hall–Kier alpha value is -5.85. The van der Waals surface area contributed by atoms with Crippen LogP contribution >= 0.6 is 0 Å². The van der Waals surface area contributed by atoms with E-state index in [4.69, 9.17) is 18.9 Å². The van der Waals surface area contributed by atoms with Gasteiger partial charge in [0, 0.05) is 11.1 Å². The van der Waals surface area contributed by atoms with Gasteiger partial charge in [0.2, 0.25) is 17.8 Å². The van der Waals surface area contributed by atoms with E-state index in [1.54, 1.807) is 0 Å². The van der Waals surface area contributed by atoms with Crippen LogP contribution in [0.25, 0.3) is 11.1 Å². The van der Waals surface area contributed by atoms with Gasteiger partial charge in [0.05, 0.1) is 16.7 Å². The zero-order valence-corrected chi connectivity index (χ0v) is 22.2. The molecule has 1 saturated heterocycles. The van der Waals surface area contributed by atoms with E-state index in [1.807, 2.05) is 0 Å². The Bertz CT molecular complexity index is 1730. The molecule has 2 aliphatic rings. The third kappa shape index (κ3) is 5.07. The molecular formula is C27H22O18. The number of ether oxygens (including phenoxy) is 4. The summed E-state index contributed by atoms with van der Waals surface area (Å²) < 4.78 is 20.8. The fourth-order valence-corrected chi connectivity index (χ4v) is 4.71. The maximum Gasteiger partial charge on any atom is 0.340 e. The van der Waals surface area contributed by atoms with E-state index < -0.39 is 135 Å². The summed E-state index contributed by atoms with van der Waals surface area (Å²) in [6.45, 7) is -0.947. The summed E-state index contributed by atoms with van der Waals surface area (Å²) in [7, 11) is 0. The van der Waals surface area contributed by atoms with Crippen molar-refractivity contribution in [3.8, 4) is 62.9 Å². The van der Waals surface area contributed by atoms with Crippen molar-refractivity contribution in [2.75, 3.05) is 6.61 Å². The Kier molecular flexibility index (Phi) is 7.49. The van der Waals surface area contributed by atoms with Crippen LogP contribution in [0.2, 0.25) is 0 Å².